The number of hydrogen-bond acceptors (Lipinski definition) is 11. The number of anilines is 1. The van der Waals surface area contributed by atoms with Gasteiger partial charge in [0.05, 0.1) is 17.8 Å². The summed E-state index contributed by atoms with van der Waals surface area (Å²) in [7, 11) is 0.883. The first kappa shape index (κ1) is 38.2. The average molecular weight is 763 g/mol. The molecule has 4 aromatic rings. The van der Waals surface area contributed by atoms with E-state index in [9.17, 15) is 5.11 Å². The Kier molecular flexibility index (Phi) is 10.1. The van der Waals surface area contributed by atoms with E-state index in [0.29, 0.717) is 42.3 Å². The van der Waals surface area contributed by atoms with E-state index in [0.717, 1.165) is 16.7 Å². The molecule has 0 amide bonds. The number of aliphatic hydroxyl groups is 1. The van der Waals surface area contributed by atoms with Crippen LogP contribution in [0.1, 0.15) is 71.6 Å². The van der Waals surface area contributed by atoms with Crippen LogP contribution >= 0.6 is 0 Å². The number of pyridine rings is 1. The zero-order valence-corrected chi connectivity index (χ0v) is 33.6. The fourth-order valence-corrected chi connectivity index (χ4v) is 9.38. The summed E-state index contributed by atoms with van der Waals surface area (Å²) in [6.07, 6.45) is 4.02. The summed E-state index contributed by atoms with van der Waals surface area (Å²) in [5, 5.41) is 19.9. The minimum Gasteiger partial charge on any atom is -0.507 e. The maximum Gasteiger partial charge on any atom is 0.265 e. The Morgan fingerprint density at radius 1 is 1.00 bits per heavy atom. The number of benzene rings is 2. The van der Waals surface area contributed by atoms with E-state index < -0.39 is 43.4 Å². The van der Waals surface area contributed by atoms with Gasteiger partial charge in [-0.1, -0.05) is 87.5 Å². The molecule has 0 unspecified atom stereocenters. The summed E-state index contributed by atoms with van der Waals surface area (Å²) < 4.78 is 25.7. The van der Waals surface area contributed by atoms with Crippen molar-refractivity contribution in [3.05, 3.63) is 119 Å². The van der Waals surface area contributed by atoms with Crippen LogP contribution in [0.4, 0.5) is 5.82 Å². The van der Waals surface area contributed by atoms with Crippen LogP contribution < -0.4 is 19.7 Å². The van der Waals surface area contributed by atoms with Crippen molar-refractivity contribution in [1.82, 2.24) is 15.5 Å². The second kappa shape index (κ2) is 14.6. The second-order valence-electron chi connectivity index (χ2n) is 16.4. The highest BCUT2D eigenvalue weighted by atomic mass is 28.4. The van der Waals surface area contributed by atoms with Crippen molar-refractivity contribution in [3.8, 4) is 11.6 Å². The van der Waals surface area contributed by atoms with Gasteiger partial charge in [-0.2, -0.15) is 0 Å². The zero-order valence-electron chi connectivity index (χ0n) is 32.6. The van der Waals surface area contributed by atoms with Crippen LogP contribution in [0.15, 0.2) is 89.6 Å². The van der Waals surface area contributed by atoms with Crippen LogP contribution in [0.2, 0.25) is 18.1 Å². The molecule has 0 radical (unpaired) electrons. The number of carbonyl (C=O) groups excluding carboxylic acids is 2. The normalized spacial score (nSPS) is 22.0. The molecule has 0 saturated heterocycles. The highest BCUT2D eigenvalue weighted by Crippen LogP contribution is 2.58. The van der Waals surface area contributed by atoms with Gasteiger partial charge in [0, 0.05) is 37.7 Å². The Morgan fingerprint density at radius 3 is 2.24 bits per heavy atom. The first-order valence-electron chi connectivity index (χ1n) is 18.8. The second-order valence-corrected chi connectivity index (χ2v) is 21.1. The SMILES string of the molecule is C=CCN[C@@H]1c2onc(OCc3ccccc3)c2C(=O)[C@@]2(O[Si](C)(C)C(C)(C)C)C(=O)C3=C(O)c4c(OCc5ccccc5)cnc(N(C)C)c4C[C@H]3C[C@@H]12. The van der Waals surface area contributed by atoms with E-state index in [1.165, 1.54) is 0 Å². The number of aromatic nitrogens is 2. The Labute approximate surface area is 323 Å². The van der Waals surface area contributed by atoms with E-state index in [1.807, 2.05) is 92.8 Å². The van der Waals surface area contributed by atoms with Gasteiger partial charge >= 0.3 is 0 Å². The van der Waals surface area contributed by atoms with Crippen molar-refractivity contribution < 1.29 is 33.1 Å². The number of hydrogen-bond donors (Lipinski definition) is 2. The van der Waals surface area contributed by atoms with Crippen molar-refractivity contribution >= 4 is 31.5 Å². The van der Waals surface area contributed by atoms with E-state index >= 15 is 9.59 Å². The molecule has 1 saturated carbocycles. The first-order chi connectivity index (χ1) is 26.2. The molecule has 11 nitrogen and oxygen atoms in total. The van der Waals surface area contributed by atoms with E-state index in [2.05, 4.69) is 37.8 Å². The molecule has 2 N–H and O–H groups in total. The Hall–Kier alpha value is -5.04. The Bertz CT molecular complexity index is 2140. The smallest absolute Gasteiger partial charge is 0.265 e. The molecule has 2 heterocycles. The van der Waals surface area contributed by atoms with E-state index in [4.69, 9.17) is 23.4 Å². The number of nitrogens with zero attached hydrogens (tertiary/aromatic N) is 3. The summed E-state index contributed by atoms with van der Waals surface area (Å²) in [5.74, 6) is -1.25. The molecule has 0 aliphatic heterocycles. The molecule has 1 fully saturated rings. The highest BCUT2D eigenvalue weighted by Gasteiger charge is 2.68. The molecule has 4 atom stereocenters. The molecule has 12 heteroatoms. The number of carbonyl (C=O) groups is 2. The largest absolute Gasteiger partial charge is 0.507 e. The lowest BCUT2D eigenvalue weighted by molar-refractivity contribution is -0.138. The summed E-state index contributed by atoms with van der Waals surface area (Å²) in [6.45, 7) is 14.9. The van der Waals surface area contributed by atoms with Gasteiger partial charge in [-0.15, -0.1) is 6.58 Å². The lowest BCUT2D eigenvalue weighted by atomic mass is 9.57. The van der Waals surface area contributed by atoms with Gasteiger partial charge in [-0.3, -0.25) is 9.59 Å². The van der Waals surface area contributed by atoms with E-state index in [-0.39, 0.29) is 41.0 Å². The minimum atomic E-state index is -2.91. The lowest BCUT2D eigenvalue weighted by Crippen LogP contribution is -2.68. The quantitative estimate of drug-likeness (QED) is 0.0832. The molecule has 0 spiro atoms. The molecule has 3 aliphatic carbocycles. The van der Waals surface area contributed by atoms with Crippen LogP contribution in [0, 0.1) is 11.8 Å². The fourth-order valence-electron chi connectivity index (χ4n) is 7.93. The van der Waals surface area contributed by atoms with E-state index in [1.54, 1.807) is 12.3 Å². The summed E-state index contributed by atoms with van der Waals surface area (Å²) in [4.78, 5) is 37.9. The minimum absolute atomic E-state index is 0.00803. The Morgan fingerprint density at radius 2 is 1.64 bits per heavy atom. The van der Waals surface area contributed by atoms with Crippen molar-refractivity contribution in [2.75, 3.05) is 25.5 Å². The summed E-state index contributed by atoms with van der Waals surface area (Å²) in [5.41, 5.74) is 1.18. The maximum atomic E-state index is 15.8. The standard InChI is InChI=1S/C43H50N4O7Si/c1-9-20-44-35-30-22-28-21-29-33(31(23-45-40(29)47(5)6)51-24-26-16-12-10-13-17-26)36(48)32(28)38(49)43(30,54-55(7,8)42(2,3)4)39(50)34-37(35)53-46-41(34)52-25-27-18-14-11-15-19-27/h9-19,23,28,30,35,44,48H,1,20-22,24-25H2,2-8H3/t28-,30-,35-,43-/m0/s1. The molecule has 3 aliphatic rings. The number of ether oxygens (including phenoxy) is 2. The third-order valence-electron chi connectivity index (χ3n) is 11.6. The van der Waals surface area contributed by atoms with Crippen LogP contribution in [-0.2, 0) is 28.9 Å². The van der Waals surface area contributed by atoms with Gasteiger partial charge in [0.15, 0.2) is 19.7 Å². The van der Waals surface area contributed by atoms with Crippen molar-refractivity contribution in [2.45, 2.75) is 76.6 Å². The third kappa shape index (κ3) is 6.59. The van der Waals surface area contributed by atoms with Gasteiger partial charge in [-0.05, 0) is 53.2 Å². The number of nitrogens with one attached hydrogen (secondary N) is 1. The van der Waals surface area contributed by atoms with Gasteiger partial charge in [0.2, 0.25) is 11.6 Å². The fraction of sp³-hybridized carbons (Fsp3) is 0.395. The van der Waals surface area contributed by atoms with Crippen LogP contribution in [-0.4, -0.2) is 61.4 Å². The molecule has 55 heavy (non-hydrogen) atoms. The lowest BCUT2D eigenvalue weighted by Gasteiger charge is -2.54. The molecule has 288 valence electrons. The van der Waals surface area contributed by atoms with Crippen molar-refractivity contribution in [1.29, 1.82) is 0 Å². The van der Waals surface area contributed by atoms with Gasteiger partial charge in [-0.25, -0.2) is 4.98 Å². The molecular weight excluding hydrogens is 713 g/mol. The van der Waals surface area contributed by atoms with Crippen molar-refractivity contribution in [3.63, 3.8) is 0 Å². The first-order valence-corrected chi connectivity index (χ1v) is 21.7. The van der Waals surface area contributed by atoms with Crippen LogP contribution in [0.5, 0.6) is 11.6 Å². The third-order valence-corrected chi connectivity index (χ3v) is 16.1. The molecule has 2 aromatic heterocycles. The summed E-state index contributed by atoms with van der Waals surface area (Å²) in [6, 6.07) is 18.6. The van der Waals surface area contributed by atoms with Gasteiger partial charge in [0.1, 0.15) is 36.1 Å². The number of ketones is 2. The van der Waals surface area contributed by atoms with Crippen LogP contribution in [0.25, 0.3) is 5.76 Å². The predicted octanol–water partition coefficient (Wildman–Crippen LogP) is 7.80. The molecular formula is C43H50N4O7Si. The number of Topliss-reactive ketones (excluding diaryl/α,β-unsaturated/α-hetero) is 2. The topological polar surface area (TPSA) is 136 Å². The zero-order chi connectivity index (χ0) is 39.3. The number of aliphatic hydroxyl groups excluding tert-OH is 1. The van der Waals surface area contributed by atoms with Gasteiger partial charge < -0.3 is 33.7 Å². The molecule has 7 rings (SSSR count). The van der Waals surface area contributed by atoms with Crippen LogP contribution in [0.3, 0.4) is 0 Å². The Balaban J connectivity index is 1.41. The summed E-state index contributed by atoms with van der Waals surface area (Å²) >= 11 is 0. The monoisotopic (exact) mass is 762 g/mol. The molecule has 0 bridgehead atoms. The maximum absolute atomic E-state index is 15.8. The predicted molar refractivity (Wildman–Crippen MR) is 213 cm³/mol. The van der Waals surface area contributed by atoms with Gasteiger partial charge in [0.25, 0.3) is 5.88 Å². The number of fused-ring (bicyclic) bond motifs is 4. The molecule has 2 aromatic carbocycles. The highest BCUT2D eigenvalue weighted by molar-refractivity contribution is 6.74. The number of rotatable bonds is 12. The van der Waals surface area contributed by atoms with Crippen molar-refractivity contribution in [2.24, 2.45) is 11.8 Å². The average Bonchev–Trinajstić information content (AvgIpc) is 3.58.